The molecule has 1 aromatic carbocycles. The molecule has 0 radical (unpaired) electrons. The Balaban J connectivity index is 2.12. The molecule has 0 aromatic heterocycles. The van der Waals surface area contributed by atoms with Crippen molar-refractivity contribution >= 4 is 11.6 Å². The fourth-order valence-corrected chi connectivity index (χ4v) is 3.26. The highest BCUT2D eigenvalue weighted by Gasteiger charge is 2.30. The fourth-order valence-electron chi connectivity index (χ4n) is 3.06. The number of halogens is 2. The molecule has 2 rings (SSSR count). The van der Waals surface area contributed by atoms with Crippen molar-refractivity contribution < 1.29 is 4.39 Å². The van der Waals surface area contributed by atoms with Gasteiger partial charge in [0.15, 0.2) is 0 Å². The summed E-state index contributed by atoms with van der Waals surface area (Å²) in [4.78, 5) is 2.53. The first-order valence-corrected chi connectivity index (χ1v) is 8.34. The Morgan fingerprint density at radius 1 is 1.43 bits per heavy atom. The molecular formula is C17H26ClFN2. The molecule has 0 spiro atoms. The van der Waals surface area contributed by atoms with Crippen LogP contribution in [-0.4, -0.2) is 30.1 Å². The molecule has 0 bridgehead atoms. The molecule has 2 nitrogen and oxygen atoms in total. The highest BCUT2D eigenvalue weighted by molar-refractivity contribution is 6.30. The van der Waals surface area contributed by atoms with E-state index < -0.39 is 0 Å². The summed E-state index contributed by atoms with van der Waals surface area (Å²) in [6.45, 7) is 9.68. The van der Waals surface area contributed by atoms with Gasteiger partial charge in [0.05, 0.1) is 5.02 Å². The monoisotopic (exact) mass is 312 g/mol. The van der Waals surface area contributed by atoms with Gasteiger partial charge in [-0.3, -0.25) is 4.90 Å². The minimum absolute atomic E-state index is 0.217. The highest BCUT2D eigenvalue weighted by atomic mass is 35.5. The van der Waals surface area contributed by atoms with Crippen LogP contribution in [0.1, 0.15) is 39.2 Å². The summed E-state index contributed by atoms with van der Waals surface area (Å²) in [5.41, 5.74) is 1.09. The quantitative estimate of drug-likeness (QED) is 0.881. The van der Waals surface area contributed by atoms with Crippen LogP contribution in [-0.2, 0) is 6.54 Å². The molecule has 1 aliphatic rings. The van der Waals surface area contributed by atoms with Crippen molar-refractivity contribution in [2.24, 2.45) is 5.92 Å². The van der Waals surface area contributed by atoms with E-state index >= 15 is 0 Å². The zero-order chi connectivity index (χ0) is 15.4. The number of nitrogens with one attached hydrogen (secondary N) is 1. The van der Waals surface area contributed by atoms with Crippen molar-refractivity contribution in [3.8, 4) is 0 Å². The van der Waals surface area contributed by atoms with Crippen molar-refractivity contribution in [3.05, 3.63) is 34.6 Å². The number of benzene rings is 1. The van der Waals surface area contributed by atoms with Crippen LogP contribution in [0.2, 0.25) is 5.02 Å². The van der Waals surface area contributed by atoms with Crippen LogP contribution < -0.4 is 5.32 Å². The van der Waals surface area contributed by atoms with Crippen molar-refractivity contribution in [2.45, 2.75) is 52.2 Å². The van der Waals surface area contributed by atoms with E-state index in [-0.39, 0.29) is 10.8 Å². The highest BCUT2D eigenvalue weighted by Crippen LogP contribution is 2.23. The van der Waals surface area contributed by atoms with E-state index in [1.165, 1.54) is 12.5 Å². The minimum atomic E-state index is -0.342. The Morgan fingerprint density at radius 2 is 2.19 bits per heavy atom. The van der Waals surface area contributed by atoms with E-state index in [4.69, 9.17) is 11.6 Å². The molecule has 0 amide bonds. The molecule has 1 aromatic rings. The third-order valence-corrected chi connectivity index (χ3v) is 4.99. The van der Waals surface area contributed by atoms with Crippen molar-refractivity contribution in [1.82, 2.24) is 10.2 Å². The second-order valence-electron chi connectivity index (χ2n) is 6.14. The maximum absolute atomic E-state index is 13.3. The fraction of sp³-hybridized carbons (Fsp3) is 0.647. The van der Waals surface area contributed by atoms with Gasteiger partial charge in [0.25, 0.3) is 0 Å². The number of hydrogen-bond acceptors (Lipinski definition) is 2. The molecule has 1 saturated heterocycles. The Hall–Kier alpha value is -0.640. The third kappa shape index (κ3) is 4.18. The average molecular weight is 313 g/mol. The SMILES string of the molecule is CCC1CN(Cc2ccc(F)c(Cl)c2)C(C(C)CC)CN1. The molecule has 0 aliphatic carbocycles. The van der Waals surface area contributed by atoms with E-state index in [1.807, 2.05) is 6.07 Å². The lowest BCUT2D eigenvalue weighted by Crippen LogP contribution is -2.57. The van der Waals surface area contributed by atoms with Crippen molar-refractivity contribution in [2.75, 3.05) is 13.1 Å². The van der Waals surface area contributed by atoms with E-state index in [1.54, 1.807) is 6.07 Å². The zero-order valence-corrected chi connectivity index (χ0v) is 14.0. The van der Waals surface area contributed by atoms with Crippen LogP contribution >= 0.6 is 11.6 Å². The minimum Gasteiger partial charge on any atom is -0.311 e. The second kappa shape index (κ2) is 7.57. The molecule has 3 atom stereocenters. The van der Waals surface area contributed by atoms with Crippen molar-refractivity contribution in [3.63, 3.8) is 0 Å². The summed E-state index contributed by atoms with van der Waals surface area (Å²) in [6.07, 6.45) is 2.30. The molecule has 118 valence electrons. The van der Waals surface area contributed by atoms with Crippen LogP contribution in [0.5, 0.6) is 0 Å². The lowest BCUT2D eigenvalue weighted by atomic mass is 9.93. The Labute approximate surface area is 132 Å². The predicted molar refractivity (Wildman–Crippen MR) is 87.1 cm³/mol. The summed E-state index contributed by atoms with van der Waals surface area (Å²) >= 11 is 5.91. The van der Waals surface area contributed by atoms with Crippen molar-refractivity contribution in [1.29, 1.82) is 0 Å². The molecule has 21 heavy (non-hydrogen) atoms. The van der Waals surface area contributed by atoms with E-state index in [9.17, 15) is 4.39 Å². The molecule has 1 heterocycles. The Kier molecular flexibility index (Phi) is 6.03. The van der Waals surface area contributed by atoms with Crippen LogP contribution in [0, 0.1) is 11.7 Å². The van der Waals surface area contributed by atoms with Gasteiger partial charge in [0.2, 0.25) is 0 Å². The van der Waals surface area contributed by atoms with Gasteiger partial charge in [-0.2, -0.15) is 0 Å². The second-order valence-corrected chi connectivity index (χ2v) is 6.55. The summed E-state index contributed by atoms with van der Waals surface area (Å²) in [5.74, 6) is 0.303. The van der Waals surface area contributed by atoms with Crippen LogP contribution in [0.25, 0.3) is 0 Å². The van der Waals surface area contributed by atoms with E-state index in [0.717, 1.165) is 31.6 Å². The van der Waals surface area contributed by atoms with Gasteiger partial charge >= 0.3 is 0 Å². The van der Waals surface area contributed by atoms with Crippen LogP contribution in [0.4, 0.5) is 4.39 Å². The molecular weight excluding hydrogens is 287 g/mol. The maximum Gasteiger partial charge on any atom is 0.141 e. The van der Waals surface area contributed by atoms with E-state index in [2.05, 4.69) is 31.0 Å². The topological polar surface area (TPSA) is 15.3 Å². The number of hydrogen-bond donors (Lipinski definition) is 1. The summed E-state index contributed by atoms with van der Waals surface area (Å²) in [6, 6.07) is 6.14. The standard InChI is InChI=1S/C17H26ClFN2/c1-4-12(3)17-9-20-14(5-2)11-21(17)10-13-6-7-16(19)15(18)8-13/h6-8,12,14,17,20H,4-5,9-11H2,1-3H3. The molecule has 1 N–H and O–H groups in total. The zero-order valence-electron chi connectivity index (χ0n) is 13.2. The van der Waals surface area contributed by atoms with Crippen LogP contribution in [0.3, 0.4) is 0 Å². The molecule has 4 heteroatoms. The van der Waals surface area contributed by atoms with Gasteiger partial charge in [-0.25, -0.2) is 4.39 Å². The average Bonchev–Trinajstić information content (AvgIpc) is 2.50. The lowest BCUT2D eigenvalue weighted by molar-refractivity contribution is 0.0832. The third-order valence-electron chi connectivity index (χ3n) is 4.70. The largest absolute Gasteiger partial charge is 0.311 e. The summed E-state index contributed by atoms with van der Waals surface area (Å²) < 4.78 is 13.3. The van der Waals surface area contributed by atoms with E-state index in [0.29, 0.717) is 18.0 Å². The number of rotatable bonds is 5. The van der Waals surface area contributed by atoms with Crippen LogP contribution in [0.15, 0.2) is 18.2 Å². The predicted octanol–water partition coefficient (Wildman–Crippen LogP) is 4.08. The van der Waals surface area contributed by atoms with Gasteiger partial charge in [-0.1, -0.05) is 44.9 Å². The number of piperazine rings is 1. The first-order valence-electron chi connectivity index (χ1n) is 7.96. The first-order chi connectivity index (χ1) is 10.0. The Morgan fingerprint density at radius 3 is 2.81 bits per heavy atom. The maximum atomic E-state index is 13.3. The smallest absolute Gasteiger partial charge is 0.141 e. The summed E-state index contributed by atoms with van der Waals surface area (Å²) in [7, 11) is 0. The normalized spacial score (nSPS) is 25.0. The van der Waals surface area contributed by atoms with Gasteiger partial charge in [0, 0.05) is 31.7 Å². The summed E-state index contributed by atoms with van der Waals surface area (Å²) in [5, 5.41) is 3.86. The molecule has 1 aliphatic heterocycles. The molecule has 1 fully saturated rings. The van der Waals surface area contributed by atoms with Gasteiger partial charge in [-0.15, -0.1) is 0 Å². The first kappa shape index (κ1) is 16.7. The van der Waals surface area contributed by atoms with Gasteiger partial charge < -0.3 is 5.32 Å². The van der Waals surface area contributed by atoms with Gasteiger partial charge in [-0.05, 0) is 30.0 Å². The molecule has 0 saturated carbocycles. The number of nitrogens with zero attached hydrogens (tertiary/aromatic N) is 1. The lowest BCUT2D eigenvalue weighted by Gasteiger charge is -2.43. The Bertz CT molecular complexity index is 466. The molecule has 3 unspecified atom stereocenters. The van der Waals surface area contributed by atoms with Gasteiger partial charge in [0.1, 0.15) is 5.82 Å².